The third kappa shape index (κ3) is 20.9. The summed E-state index contributed by atoms with van der Waals surface area (Å²) in [5, 5.41) is 335. The molecule has 0 aromatic rings. The van der Waals surface area contributed by atoms with Crippen LogP contribution >= 0.6 is 0 Å². The van der Waals surface area contributed by atoms with Crippen molar-refractivity contribution in [2.45, 2.75) is 321 Å². The van der Waals surface area contributed by atoms with Crippen molar-refractivity contribution in [2.75, 3.05) is 66.1 Å². The lowest BCUT2D eigenvalue weighted by atomic mass is 9.94. The Labute approximate surface area is 660 Å². The van der Waals surface area contributed by atoms with Crippen LogP contribution in [0.2, 0.25) is 0 Å². The zero-order valence-corrected chi connectivity index (χ0v) is 61.9. The van der Waals surface area contributed by atoms with Crippen LogP contribution in [-0.2, 0) is 99.6 Å². The summed E-state index contributed by atoms with van der Waals surface area (Å²) in [6, 6.07) is -3.64. The summed E-state index contributed by atoms with van der Waals surface area (Å²) in [5.41, 5.74) is 0. The first-order valence-electron chi connectivity index (χ1n) is 37.2. The van der Waals surface area contributed by atoms with E-state index >= 15 is 0 Å². The number of rotatable bonds is 30. The fraction of sp³-hybridized carbons (Fsp3) is 0.969. The van der Waals surface area contributed by atoms with Crippen molar-refractivity contribution in [3.05, 3.63) is 0 Å². The zero-order chi connectivity index (χ0) is 85.9. The second-order valence-corrected chi connectivity index (χ2v) is 29.6. The summed E-state index contributed by atoms with van der Waals surface area (Å²) >= 11 is 0. The molecule has 0 bridgehead atoms. The van der Waals surface area contributed by atoms with E-state index in [1.54, 1.807) is 0 Å². The quantitative estimate of drug-likeness (QED) is 0.0318. The van der Waals surface area contributed by atoms with Crippen LogP contribution in [-0.4, -0.2) is 538 Å². The van der Waals surface area contributed by atoms with Crippen LogP contribution in [0.4, 0.5) is 0 Å². The Morgan fingerprint density at radius 1 is 0.222 bits per heavy atom. The van der Waals surface area contributed by atoms with Crippen molar-refractivity contribution in [3.8, 4) is 0 Å². The number of aliphatic hydroxyl groups is 30. The van der Waals surface area contributed by atoms with Crippen molar-refractivity contribution in [1.29, 1.82) is 0 Å². The topological polar surface area (TPSA) is 840 Å². The monoisotopic (exact) mass is 1720 g/mol. The highest BCUT2D eigenvalue weighted by atomic mass is 16.8. The number of hydrogen-bond donors (Lipinski definition) is 32. The Morgan fingerprint density at radius 2 is 0.470 bits per heavy atom. The van der Waals surface area contributed by atoms with Gasteiger partial charge in [-0.2, -0.15) is 0 Å². The predicted molar refractivity (Wildman–Crippen MR) is 353 cm³/mol. The van der Waals surface area contributed by atoms with E-state index in [0.717, 1.165) is 13.8 Å². The minimum atomic E-state index is -2.64. The molecule has 53 heteroatoms. The molecular formula is C64H108N2O51. The van der Waals surface area contributed by atoms with Crippen molar-refractivity contribution < 1.29 is 253 Å². The maximum Gasteiger partial charge on any atom is 0.217 e. The minimum Gasteiger partial charge on any atom is -0.394 e. The Hall–Kier alpha value is -3.02. The molecule has 53 nitrogen and oxygen atoms in total. The van der Waals surface area contributed by atoms with Crippen LogP contribution < -0.4 is 10.6 Å². The highest BCUT2D eigenvalue weighted by Crippen LogP contribution is 2.40. The van der Waals surface area contributed by atoms with Crippen LogP contribution in [0.15, 0.2) is 0 Å². The molecule has 0 aromatic carbocycles. The van der Waals surface area contributed by atoms with Crippen molar-refractivity contribution >= 4 is 11.8 Å². The Balaban J connectivity index is 0.982. The van der Waals surface area contributed by atoms with Gasteiger partial charge in [-0.25, -0.2) is 0 Å². The summed E-state index contributed by atoms with van der Waals surface area (Å²) in [6.07, 6.45) is -103. The molecule has 0 spiro atoms. The van der Waals surface area contributed by atoms with E-state index in [9.17, 15) is 163 Å². The van der Waals surface area contributed by atoms with Gasteiger partial charge < -0.3 is 254 Å². The molecule has 10 heterocycles. The molecule has 0 radical (unpaired) electrons. The Kier molecular flexibility index (Phi) is 34.4. The van der Waals surface area contributed by atoms with Crippen molar-refractivity contribution in [3.63, 3.8) is 0 Å². The molecule has 32 N–H and O–H groups in total. The Morgan fingerprint density at radius 3 is 0.880 bits per heavy atom. The van der Waals surface area contributed by atoms with Gasteiger partial charge >= 0.3 is 0 Å². The molecule has 1 unspecified atom stereocenters. The van der Waals surface area contributed by atoms with Gasteiger partial charge in [0.15, 0.2) is 62.9 Å². The molecule has 0 aliphatic carbocycles. The summed E-state index contributed by atoms with van der Waals surface area (Å²) in [5.74, 6) is -1.78. The molecule has 2 amide bonds. The van der Waals surface area contributed by atoms with Gasteiger partial charge in [-0.15, -0.1) is 0 Å². The number of amides is 2. The molecule has 10 aliphatic rings. The van der Waals surface area contributed by atoms with Crippen molar-refractivity contribution in [1.82, 2.24) is 10.6 Å². The van der Waals surface area contributed by atoms with Gasteiger partial charge in [0, 0.05) is 13.8 Å². The van der Waals surface area contributed by atoms with E-state index in [0.29, 0.717) is 0 Å². The molecule has 0 saturated carbocycles. The molecule has 680 valence electrons. The van der Waals surface area contributed by atoms with Crippen LogP contribution in [0.25, 0.3) is 0 Å². The van der Waals surface area contributed by atoms with Gasteiger partial charge in [0.05, 0.1) is 66.1 Å². The van der Waals surface area contributed by atoms with E-state index in [1.165, 1.54) is 0 Å². The molecule has 50 atom stereocenters. The second-order valence-electron chi connectivity index (χ2n) is 29.6. The van der Waals surface area contributed by atoms with Crippen LogP contribution in [0.1, 0.15) is 13.8 Å². The lowest BCUT2D eigenvalue weighted by molar-refractivity contribution is -0.408. The molecule has 10 aliphatic heterocycles. The van der Waals surface area contributed by atoms with E-state index in [1.807, 2.05) is 0 Å². The van der Waals surface area contributed by atoms with Gasteiger partial charge in [-0.05, 0) is 0 Å². The SMILES string of the molecule is CC(=O)N[C@H]1[C@H](O[C@H]2[C@H](O)[C@@H](NC(C)=O)C(O)O[C@@H]2CO)O[C@H](CO)[C@@H](O[C@@H]2O[C@H](CO[C@H]3O[C@H](CO[C@H]4O[C@H](CO[C@H]5O[C@H](CO)[C@@H](O)[C@H](O)[C@@H]5O)[C@@H](O)[C@H](O)[C@@H]4O)[C@@H](O)[C@H](O)[C@@H]3O[C@H]3O[C@H](CO)[C@@H](O)[C@H](O)[C@@H]3O)[C@@H](O)[C@H](O[C@H]3O[C@H](CO)[C@@H](O)[C@H](O)[C@@H]3O[C@H]3O[C@H](CO)[C@@H](O)[C@H](O)[C@H]3O[C@H]3O[C@H](CO)[C@@H](O)[C@H](O)[C@@H]3O)[C@@H]2O)[C@@H]1O. The first kappa shape index (κ1) is 96.2. The summed E-state index contributed by atoms with van der Waals surface area (Å²) < 4.78 is 111. The van der Waals surface area contributed by atoms with E-state index in [-0.39, 0.29) is 0 Å². The maximum atomic E-state index is 13.0. The van der Waals surface area contributed by atoms with Crippen LogP contribution in [0, 0.1) is 0 Å². The second kappa shape index (κ2) is 41.9. The van der Waals surface area contributed by atoms with Gasteiger partial charge in [-0.3, -0.25) is 9.59 Å². The Bertz CT molecular complexity index is 3050. The highest BCUT2D eigenvalue weighted by molar-refractivity contribution is 5.73. The molecule has 117 heavy (non-hydrogen) atoms. The first-order chi connectivity index (χ1) is 55.4. The van der Waals surface area contributed by atoms with Gasteiger partial charge in [0.2, 0.25) is 11.8 Å². The van der Waals surface area contributed by atoms with Crippen LogP contribution in [0.5, 0.6) is 0 Å². The predicted octanol–water partition coefficient (Wildman–Crippen LogP) is -22.5. The smallest absolute Gasteiger partial charge is 0.217 e. The molecular weight excluding hydrogens is 1610 g/mol. The fourth-order valence-corrected chi connectivity index (χ4v) is 14.9. The zero-order valence-electron chi connectivity index (χ0n) is 61.9. The average Bonchev–Trinajstić information content (AvgIpc) is 0.765. The number of carbonyl (C=O) groups is 2. The lowest BCUT2D eigenvalue weighted by Crippen LogP contribution is -2.70. The van der Waals surface area contributed by atoms with E-state index in [4.69, 9.17) is 90.0 Å². The normalized spacial score (nSPS) is 51.5. The lowest BCUT2D eigenvalue weighted by Gasteiger charge is -2.51. The number of hydrogen-bond acceptors (Lipinski definition) is 51. The van der Waals surface area contributed by atoms with Crippen LogP contribution in [0.3, 0.4) is 0 Å². The minimum absolute atomic E-state index is 0.805. The van der Waals surface area contributed by atoms with E-state index in [2.05, 4.69) is 10.6 Å². The summed E-state index contributed by atoms with van der Waals surface area (Å²) in [7, 11) is 0. The molecule has 10 saturated heterocycles. The van der Waals surface area contributed by atoms with E-state index < -0.39 is 385 Å². The molecule has 10 fully saturated rings. The van der Waals surface area contributed by atoms with Gasteiger partial charge in [-0.1, -0.05) is 0 Å². The summed E-state index contributed by atoms with van der Waals surface area (Å²) in [6.45, 7) is -8.94. The average molecular weight is 1720 g/mol. The molecule has 0 aromatic heterocycles. The number of nitrogens with one attached hydrogen (secondary N) is 2. The standard InChI is InChI=1S/C64H108N2O51/c1-13(74)65-25-35(84)49(20(8-72)102-55(25)98)112-56-26(66-14(2)75)36(85)50(21(9-73)108-56)113-61-48(97)51(114-63-54(42(91)31(80)18(6-70)106-63)117-64-53(41(90)30(79)19(7-71)107-64)116-60-47(96)39(88)29(78)17(5-69)105-60)34(83)24(110-61)12-101-62-52(115-59-46(95)38(87)28(77)16(4-68)104-59)43(92)33(82)23(111-62)11-100-58-45(94)40(89)32(81)22(109-58)10-99-57-44(93)37(86)27(76)15(3-67)103-57/h15-64,67-73,76-98H,3-12H2,1-2H3,(H,65,74)(H,66,75)/t15-,16-,17-,18-,19-,20-,21-,22-,23-,24-,25-,26-,27-,28-,29-,30-,31-,32-,33-,34-,35-,36-,37+,38+,39+,40+,41+,42+,43+,44+,45+,46+,47+,48+,49-,50-,51+,52+,53-,54+,55?,56+,57+,58+,59-,60-,61+,62+,63-,64-/m1/s1. The number of ether oxygens (including phenoxy) is 19. The highest BCUT2D eigenvalue weighted by Gasteiger charge is 2.61. The first-order valence-corrected chi connectivity index (χ1v) is 37.2. The maximum absolute atomic E-state index is 13.0. The number of aliphatic hydroxyl groups excluding tert-OH is 30. The third-order valence-electron chi connectivity index (χ3n) is 21.6. The fourth-order valence-electron chi connectivity index (χ4n) is 14.9. The third-order valence-corrected chi connectivity index (χ3v) is 21.6. The summed E-state index contributed by atoms with van der Waals surface area (Å²) in [4.78, 5) is 25.2. The largest absolute Gasteiger partial charge is 0.394 e. The number of carbonyl (C=O) groups excluding carboxylic acids is 2. The van der Waals surface area contributed by atoms with Gasteiger partial charge in [0.1, 0.15) is 244 Å². The van der Waals surface area contributed by atoms with Crippen molar-refractivity contribution in [2.24, 2.45) is 0 Å². The molecule has 10 rings (SSSR count). The van der Waals surface area contributed by atoms with Gasteiger partial charge in [0.25, 0.3) is 0 Å².